The molecule has 0 radical (unpaired) electrons. The SMILES string of the molecule is O=C1C(=O)N(Cc2ccccn2)C(c2ccco2)/C1=C(/O)c1ccc(Cl)c(Cl)c1. The van der Waals surface area contributed by atoms with Gasteiger partial charge in [-0.05, 0) is 42.5 Å². The summed E-state index contributed by atoms with van der Waals surface area (Å²) in [6, 6.07) is 12.1. The number of aliphatic hydroxyl groups excluding tert-OH is 1. The number of pyridine rings is 1. The lowest BCUT2D eigenvalue weighted by Crippen LogP contribution is -2.29. The van der Waals surface area contributed by atoms with Crippen LogP contribution in [0.25, 0.3) is 5.76 Å². The van der Waals surface area contributed by atoms with E-state index in [9.17, 15) is 14.7 Å². The molecule has 0 aliphatic carbocycles. The molecule has 1 aliphatic heterocycles. The van der Waals surface area contributed by atoms with Crippen LogP contribution in [0.3, 0.4) is 0 Å². The highest BCUT2D eigenvalue weighted by atomic mass is 35.5. The van der Waals surface area contributed by atoms with Crippen molar-refractivity contribution in [3.8, 4) is 0 Å². The highest BCUT2D eigenvalue weighted by Gasteiger charge is 2.47. The summed E-state index contributed by atoms with van der Waals surface area (Å²) in [4.78, 5) is 31.2. The Morgan fingerprint density at radius 1 is 1.10 bits per heavy atom. The quantitative estimate of drug-likeness (QED) is 0.372. The summed E-state index contributed by atoms with van der Waals surface area (Å²) in [6.07, 6.45) is 3.04. The van der Waals surface area contributed by atoms with E-state index in [1.54, 1.807) is 36.5 Å². The van der Waals surface area contributed by atoms with E-state index in [1.165, 1.54) is 29.4 Å². The summed E-state index contributed by atoms with van der Waals surface area (Å²) in [6.45, 7) is 0.0783. The zero-order valence-corrected chi connectivity index (χ0v) is 16.4. The van der Waals surface area contributed by atoms with Gasteiger partial charge in [0.05, 0.1) is 34.1 Å². The molecule has 1 amide bonds. The molecule has 1 fully saturated rings. The van der Waals surface area contributed by atoms with Crippen molar-refractivity contribution in [1.82, 2.24) is 9.88 Å². The van der Waals surface area contributed by atoms with Crippen LogP contribution in [0.4, 0.5) is 0 Å². The number of rotatable bonds is 4. The van der Waals surface area contributed by atoms with E-state index in [4.69, 9.17) is 27.6 Å². The number of carbonyl (C=O) groups is 2. The van der Waals surface area contributed by atoms with Crippen LogP contribution in [0.2, 0.25) is 10.0 Å². The van der Waals surface area contributed by atoms with Gasteiger partial charge in [-0.3, -0.25) is 14.6 Å². The van der Waals surface area contributed by atoms with E-state index < -0.39 is 17.7 Å². The number of amides is 1. The van der Waals surface area contributed by atoms with E-state index >= 15 is 0 Å². The molecule has 146 valence electrons. The average Bonchev–Trinajstić information content (AvgIpc) is 3.33. The van der Waals surface area contributed by atoms with Crippen LogP contribution in [0.15, 0.2) is 71.0 Å². The van der Waals surface area contributed by atoms with Gasteiger partial charge in [0.25, 0.3) is 11.7 Å². The van der Waals surface area contributed by atoms with Gasteiger partial charge in [-0.1, -0.05) is 29.3 Å². The number of carbonyl (C=O) groups excluding carboxylic acids is 2. The molecule has 1 aromatic carbocycles. The zero-order chi connectivity index (χ0) is 20.5. The number of halogens is 2. The zero-order valence-electron chi connectivity index (χ0n) is 14.9. The third kappa shape index (κ3) is 3.52. The molecule has 4 rings (SSSR count). The van der Waals surface area contributed by atoms with Crippen LogP contribution >= 0.6 is 23.2 Å². The standard InChI is InChI=1S/C21H14Cl2N2O4/c22-14-7-6-12(10-15(14)23)19(26)17-18(16-5-3-9-29-16)25(21(28)20(17)27)11-13-4-1-2-8-24-13/h1-10,18,26H,11H2/b19-17-. The van der Waals surface area contributed by atoms with Gasteiger partial charge < -0.3 is 14.4 Å². The minimum Gasteiger partial charge on any atom is -0.507 e. The molecule has 29 heavy (non-hydrogen) atoms. The van der Waals surface area contributed by atoms with Gasteiger partial charge in [-0.25, -0.2) is 0 Å². The first kappa shape index (κ1) is 19.2. The Morgan fingerprint density at radius 2 is 1.93 bits per heavy atom. The normalized spacial score (nSPS) is 18.4. The number of hydrogen-bond donors (Lipinski definition) is 1. The second kappa shape index (κ2) is 7.73. The van der Waals surface area contributed by atoms with Crippen LogP contribution in [-0.4, -0.2) is 26.7 Å². The molecule has 3 aromatic rings. The minimum absolute atomic E-state index is 0.0783. The molecular formula is C21H14Cl2N2O4. The van der Waals surface area contributed by atoms with Crippen molar-refractivity contribution < 1.29 is 19.1 Å². The van der Waals surface area contributed by atoms with E-state index in [1.807, 2.05) is 0 Å². The summed E-state index contributed by atoms with van der Waals surface area (Å²) in [7, 11) is 0. The highest BCUT2D eigenvalue weighted by Crippen LogP contribution is 2.40. The number of hydrogen-bond acceptors (Lipinski definition) is 5. The number of nitrogens with zero attached hydrogens (tertiary/aromatic N) is 2. The fraction of sp³-hybridized carbons (Fsp3) is 0.0952. The lowest BCUT2D eigenvalue weighted by atomic mass is 9.99. The van der Waals surface area contributed by atoms with Crippen molar-refractivity contribution in [1.29, 1.82) is 0 Å². The van der Waals surface area contributed by atoms with Gasteiger partial charge in [0, 0.05) is 11.8 Å². The molecule has 1 N–H and O–H groups in total. The number of Topliss-reactive ketones (excluding diaryl/α,β-unsaturated/α-hetero) is 1. The van der Waals surface area contributed by atoms with Crippen LogP contribution in [0.1, 0.15) is 23.1 Å². The Labute approximate surface area is 176 Å². The van der Waals surface area contributed by atoms with E-state index in [0.29, 0.717) is 16.5 Å². The lowest BCUT2D eigenvalue weighted by molar-refractivity contribution is -0.140. The van der Waals surface area contributed by atoms with Crippen molar-refractivity contribution in [2.45, 2.75) is 12.6 Å². The van der Waals surface area contributed by atoms with Gasteiger partial charge in [0.2, 0.25) is 0 Å². The summed E-state index contributed by atoms with van der Waals surface area (Å²) in [5, 5.41) is 11.4. The maximum Gasteiger partial charge on any atom is 0.296 e. The molecule has 1 atom stereocenters. The van der Waals surface area contributed by atoms with E-state index in [-0.39, 0.29) is 28.5 Å². The summed E-state index contributed by atoms with van der Waals surface area (Å²) in [5.41, 5.74) is 0.784. The number of aliphatic hydroxyl groups is 1. The Morgan fingerprint density at radius 3 is 2.59 bits per heavy atom. The maximum absolute atomic E-state index is 12.8. The van der Waals surface area contributed by atoms with Gasteiger partial charge in [0.1, 0.15) is 17.6 Å². The Hall–Kier alpha value is -3.09. The average molecular weight is 429 g/mol. The van der Waals surface area contributed by atoms with E-state index in [0.717, 1.165) is 0 Å². The lowest BCUT2D eigenvalue weighted by Gasteiger charge is -2.22. The van der Waals surface area contributed by atoms with Crippen molar-refractivity contribution >= 4 is 40.7 Å². The topological polar surface area (TPSA) is 83.6 Å². The smallest absolute Gasteiger partial charge is 0.296 e. The van der Waals surface area contributed by atoms with Gasteiger partial charge >= 0.3 is 0 Å². The maximum atomic E-state index is 12.8. The summed E-state index contributed by atoms with van der Waals surface area (Å²) >= 11 is 12.0. The number of furan rings is 1. The Kier molecular flexibility index (Phi) is 5.13. The molecule has 1 aliphatic rings. The van der Waals surface area contributed by atoms with Crippen molar-refractivity contribution in [3.63, 3.8) is 0 Å². The molecule has 1 saturated heterocycles. The van der Waals surface area contributed by atoms with E-state index in [2.05, 4.69) is 4.98 Å². The molecule has 0 saturated carbocycles. The van der Waals surface area contributed by atoms with Crippen LogP contribution in [-0.2, 0) is 16.1 Å². The first-order valence-corrected chi connectivity index (χ1v) is 9.40. The first-order valence-electron chi connectivity index (χ1n) is 8.64. The van der Waals surface area contributed by atoms with Crippen LogP contribution in [0, 0.1) is 0 Å². The Bertz CT molecular complexity index is 1110. The Balaban J connectivity index is 1.84. The molecule has 6 nitrogen and oxygen atoms in total. The third-order valence-electron chi connectivity index (χ3n) is 4.60. The third-order valence-corrected chi connectivity index (χ3v) is 5.34. The number of benzene rings is 1. The van der Waals surface area contributed by atoms with Crippen molar-refractivity contribution in [2.75, 3.05) is 0 Å². The van der Waals surface area contributed by atoms with Crippen molar-refractivity contribution in [2.24, 2.45) is 0 Å². The number of likely N-dealkylation sites (tertiary alicyclic amines) is 1. The number of aromatic nitrogens is 1. The molecule has 8 heteroatoms. The van der Waals surface area contributed by atoms with Crippen molar-refractivity contribution in [3.05, 3.63) is 93.6 Å². The largest absolute Gasteiger partial charge is 0.507 e. The summed E-state index contributed by atoms with van der Waals surface area (Å²) in [5.74, 6) is -1.57. The monoisotopic (exact) mass is 428 g/mol. The highest BCUT2D eigenvalue weighted by molar-refractivity contribution is 6.46. The van der Waals surface area contributed by atoms with Gasteiger partial charge in [0.15, 0.2) is 0 Å². The fourth-order valence-electron chi connectivity index (χ4n) is 3.25. The second-order valence-corrected chi connectivity index (χ2v) is 7.21. The molecule has 0 bridgehead atoms. The van der Waals surface area contributed by atoms with Crippen LogP contribution < -0.4 is 0 Å². The molecule has 3 heterocycles. The first-order chi connectivity index (χ1) is 14.0. The van der Waals surface area contributed by atoms with Crippen LogP contribution in [0.5, 0.6) is 0 Å². The fourth-order valence-corrected chi connectivity index (χ4v) is 3.55. The van der Waals surface area contributed by atoms with Gasteiger partial charge in [-0.15, -0.1) is 0 Å². The molecule has 0 spiro atoms. The molecule has 1 unspecified atom stereocenters. The summed E-state index contributed by atoms with van der Waals surface area (Å²) < 4.78 is 5.48. The molecule has 2 aromatic heterocycles. The number of ketones is 1. The molecular weight excluding hydrogens is 415 g/mol. The van der Waals surface area contributed by atoms with Gasteiger partial charge in [-0.2, -0.15) is 0 Å². The minimum atomic E-state index is -0.901. The predicted molar refractivity (Wildman–Crippen MR) is 107 cm³/mol. The predicted octanol–water partition coefficient (Wildman–Crippen LogP) is 4.60. The second-order valence-electron chi connectivity index (χ2n) is 6.39.